The lowest BCUT2D eigenvalue weighted by atomic mass is 9.97. The van der Waals surface area contributed by atoms with Crippen molar-refractivity contribution in [1.82, 2.24) is 4.90 Å². The van der Waals surface area contributed by atoms with Crippen LogP contribution in [0, 0.1) is 0 Å². The second-order valence-electron chi connectivity index (χ2n) is 7.47. The molecule has 6 heteroatoms. The smallest absolute Gasteiger partial charge is 0.251 e. The van der Waals surface area contributed by atoms with E-state index in [0.717, 1.165) is 36.2 Å². The molecule has 4 rings (SSSR count). The van der Waals surface area contributed by atoms with Gasteiger partial charge in [0.2, 0.25) is 5.91 Å². The second-order valence-corrected chi connectivity index (χ2v) is 7.47. The average Bonchev–Trinajstić information content (AvgIpc) is 3.05. The topological polar surface area (TPSA) is 59.1 Å². The first-order chi connectivity index (χ1) is 14.1. The predicted molar refractivity (Wildman–Crippen MR) is 110 cm³/mol. The summed E-state index contributed by atoms with van der Waals surface area (Å²) < 4.78 is 10.8. The molecular weight excluding hydrogens is 368 g/mol. The zero-order valence-corrected chi connectivity index (χ0v) is 17.1. The summed E-state index contributed by atoms with van der Waals surface area (Å²) in [6, 6.07) is 11.2. The number of anilines is 1. The molecular formula is C23H26N2O4. The molecule has 0 aliphatic carbocycles. The minimum absolute atomic E-state index is 0.125. The summed E-state index contributed by atoms with van der Waals surface area (Å²) in [5.41, 5.74) is 4.04. The third-order valence-electron chi connectivity index (χ3n) is 5.92. The van der Waals surface area contributed by atoms with Crippen molar-refractivity contribution >= 4 is 17.5 Å². The maximum Gasteiger partial charge on any atom is 0.251 e. The van der Waals surface area contributed by atoms with Crippen molar-refractivity contribution in [2.45, 2.75) is 38.8 Å². The van der Waals surface area contributed by atoms with Crippen LogP contribution in [0.1, 0.15) is 30.0 Å². The van der Waals surface area contributed by atoms with Gasteiger partial charge in [-0.1, -0.05) is 25.1 Å². The summed E-state index contributed by atoms with van der Waals surface area (Å²) in [5, 5.41) is 0. The van der Waals surface area contributed by atoms with E-state index in [2.05, 4.69) is 4.90 Å². The molecule has 1 fully saturated rings. The summed E-state index contributed by atoms with van der Waals surface area (Å²) in [6.45, 7) is 3.38. The van der Waals surface area contributed by atoms with Crippen LogP contribution in [0.2, 0.25) is 0 Å². The van der Waals surface area contributed by atoms with Crippen molar-refractivity contribution in [3.8, 4) is 11.5 Å². The van der Waals surface area contributed by atoms with Gasteiger partial charge in [-0.2, -0.15) is 0 Å². The van der Waals surface area contributed by atoms with Gasteiger partial charge in [-0.15, -0.1) is 0 Å². The molecule has 2 aromatic rings. The van der Waals surface area contributed by atoms with Crippen LogP contribution in [-0.2, 0) is 29.0 Å². The molecule has 29 heavy (non-hydrogen) atoms. The Hall–Kier alpha value is -2.86. The number of aryl methyl sites for hydroxylation is 1. The van der Waals surface area contributed by atoms with Gasteiger partial charge in [0.15, 0.2) is 11.5 Å². The lowest BCUT2D eigenvalue weighted by molar-refractivity contribution is -0.123. The van der Waals surface area contributed by atoms with E-state index in [0.29, 0.717) is 18.0 Å². The number of fused-ring (bicyclic) bond motifs is 1. The van der Waals surface area contributed by atoms with Crippen LogP contribution in [0.5, 0.6) is 11.5 Å². The Bertz CT molecular complexity index is 956. The fourth-order valence-corrected chi connectivity index (χ4v) is 4.35. The highest BCUT2D eigenvalue weighted by Crippen LogP contribution is 2.35. The lowest BCUT2D eigenvalue weighted by Gasteiger charge is -2.32. The number of hydrogen-bond donors (Lipinski definition) is 0. The quantitative estimate of drug-likeness (QED) is 0.730. The van der Waals surface area contributed by atoms with E-state index in [1.54, 1.807) is 14.2 Å². The summed E-state index contributed by atoms with van der Waals surface area (Å²) >= 11 is 0. The molecule has 1 saturated heterocycles. The van der Waals surface area contributed by atoms with Gasteiger partial charge >= 0.3 is 0 Å². The maximum absolute atomic E-state index is 13.2. The lowest BCUT2D eigenvalue weighted by Crippen LogP contribution is -2.44. The first-order valence-electron chi connectivity index (χ1n) is 9.99. The highest BCUT2D eigenvalue weighted by atomic mass is 16.5. The van der Waals surface area contributed by atoms with Gasteiger partial charge < -0.3 is 9.47 Å². The van der Waals surface area contributed by atoms with Crippen LogP contribution < -0.4 is 14.4 Å². The van der Waals surface area contributed by atoms with E-state index in [-0.39, 0.29) is 18.2 Å². The van der Waals surface area contributed by atoms with Gasteiger partial charge in [-0.05, 0) is 47.7 Å². The van der Waals surface area contributed by atoms with Crippen LogP contribution in [-0.4, -0.2) is 43.5 Å². The van der Waals surface area contributed by atoms with E-state index < -0.39 is 6.04 Å². The highest BCUT2D eigenvalue weighted by molar-refractivity contribution is 6.22. The van der Waals surface area contributed by atoms with E-state index in [9.17, 15) is 9.59 Å². The van der Waals surface area contributed by atoms with Crippen LogP contribution in [0.25, 0.3) is 0 Å². The largest absolute Gasteiger partial charge is 0.493 e. The molecule has 0 radical (unpaired) electrons. The van der Waals surface area contributed by atoms with Crippen LogP contribution >= 0.6 is 0 Å². The van der Waals surface area contributed by atoms with Gasteiger partial charge in [-0.3, -0.25) is 14.5 Å². The van der Waals surface area contributed by atoms with Crippen LogP contribution in [0.3, 0.4) is 0 Å². The zero-order valence-electron chi connectivity index (χ0n) is 17.1. The molecule has 0 aromatic heterocycles. The minimum Gasteiger partial charge on any atom is -0.493 e. The van der Waals surface area contributed by atoms with Gasteiger partial charge in [0.25, 0.3) is 5.91 Å². The SMILES string of the molecule is CCc1ccccc1N1C(=O)C[C@H](N2CCc3cc(OC)c(OC)cc3C2)C1=O. The van der Waals surface area contributed by atoms with Crippen LogP contribution in [0.15, 0.2) is 36.4 Å². The molecule has 0 saturated carbocycles. The standard InChI is InChI=1S/C23H26N2O4/c1-4-15-7-5-6-8-18(15)25-22(26)13-19(23(25)27)24-10-9-16-11-20(28-2)21(29-3)12-17(16)14-24/h5-8,11-12,19H,4,9-10,13-14H2,1-3H3/t19-/m0/s1. The normalized spacial score (nSPS) is 19.4. The average molecular weight is 394 g/mol. The van der Waals surface area contributed by atoms with Crippen molar-refractivity contribution in [2.75, 3.05) is 25.7 Å². The number of benzene rings is 2. The zero-order chi connectivity index (χ0) is 20.5. The van der Waals surface area contributed by atoms with E-state index in [1.807, 2.05) is 43.3 Å². The van der Waals surface area contributed by atoms with Gasteiger partial charge in [0.05, 0.1) is 32.4 Å². The van der Waals surface area contributed by atoms with Crippen molar-refractivity contribution in [1.29, 1.82) is 0 Å². The monoisotopic (exact) mass is 394 g/mol. The number of imide groups is 1. The Balaban J connectivity index is 1.59. The Kier molecular flexibility index (Phi) is 5.28. The fourth-order valence-electron chi connectivity index (χ4n) is 4.35. The summed E-state index contributed by atoms with van der Waals surface area (Å²) in [4.78, 5) is 29.5. The van der Waals surface area contributed by atoms with Crippen molar-refractivity contribution in [3.05, 3.63) is 53.1 Å². The molecule has 0 bridgehead atoms. The number of carbonyl (C=O) groups excluding carboxylic acids is 2. The first kappa shape index (κ1) is 19.5. The number of rotatable bonds is 5. The summed E-state index contributed by atoms with van der Waals surface area (Å²) in [7, 11) is 3.25. The van der Waals surface area contributed by atoms with Gasteiger partial charge in [0, 0.05) is 13.1 Å². The van der Waals surface area contributed by atoms with Crippen molar-refractivity contribution in [2.24, 2.45) is 0 Å². The summed E-state index contributed by atoms with van der Waals surface area (Å²) in [5.74, 6) is 1.15. The minimum atomic E-state index is -0.423. The molecule has 0 unspecified atom stereocenters. The third kappa shape index (κ3) is 3.38. The number of nitrogens with zero attached hydrogens (tertiary/aromatic N) is 2. The second kappa shape index (κ2) is 7.87. The Labute approximate surface area is 171 Å². The molecule has 0 spiro atoms. The van der Waals surface area contributed by atoms with E-state index in [4.69, 9.17) is 9.47 Å². The number of para-hydroxylation sites is 1. The Morgan fingerprint density at radius 3 is 2.41 bits per heavy atom. The van der Waals surface area contributed by atoms with Gasteiger partial charge in [-0.25, -0.2) is 4.90 Å². The predicted octanol–water partition coefficient (Wildman–Crippen LogP) is 2.96. The number of methoxy groups -OCH3 is 2. The molecule has 2 amide bonds. The first-order valence-corrected chi connectivity index (χ1v) is 9.99. The fraction of sp³-hybridized carbons (Fsp3) is 0.391. The molecule has 2 aliphatic rings. The van der Waals surface area contributed by atoms with Crippen molar-refractivity contribution < 1.29 is 19.1 Å². The number of ether oxygens (including phenoxy) is 2. The van der Waals surface area contributed by atoms with Crippen LogP contribution in [0.4, 0.5) is 5.69 Å². The molecule has 0 N–H and O–H groups in total. The molecule has 2 aliphatic heterocycles. The molecule has 152 valence electrons. The molecule has 6 nitrogen and oxygen atoms in total. The third-order valence-corrected chi connectivity index (χ3v) is 5.92. The van der Waals surface area contributed by atoms with E-state index in [1.165, 1.54) is 10.5 Å². The van der Waals surface area contributed by atoms with Crippen molar-refractivity contribution in [3.63, 3.8) is 0 Å². The Morgan fingerprint density at radius 2 is 1.72 bits per heavy atom. The maximum atomic E-state index is 13.2. The molecule has 2 aromatic carbocycles. The highest BCUT2D eigenvalue weighted by Gasteiger charge is 2.43. The molecule has 1 atom stereocenters. The summed E-state index contributed by atoms with van der Waals surface area (Å²) in [6.07, 6.45) is 1.80. The number of amides is 2. The Morgan fingerprint density at radius 1 is 1.03 bits per heavy atom. The number of hydrogen-bond acceptors (Lipinski definition) is 5. The molecule has 2 heterocycles. The van der Waals surface area contributed by atoms with Gasteiger partial charge in [0.1, 0.15) is 0 Å². The van der Waals surface area contributed by atoms with E-state index >= 15 is 0 Å². The number of carbonyl (C=O) groups is 2.